The number of hydrogen-bond donors (Lipinski definition) is 2. The van der Waals surface area contributed by atoms with Crippen molar-refractivity contribution in [3.63, 3.8) is 0 Å². The minimum Gasteiger partial charge on any atom is -0.543 e. The molecule has 0 aliphatic heterocycles. The number of carbonyl (C=O) groups excluding carboxylic acids is 1. The monoisotopic (exact) mass is 199 g/mol. The number of hydrogen-bond acceptors (Lipinski definition) is 5. The van der Waals surface area contributed by atoms with Gasteiger partial charge >= 0.3 is 5.69 Å². The highest BCUT2D eigenvalue weighted by atomic mass is 16.4. The summed E-state index contributed by atoms with van der Waals surface area (Å²) >= 11 is 0. The van der Waals surface area contributed by atoms with Crippen LogP contribution in [-0.4, -0.2) is 27.2 Å². The zero-order valence-electron chi connectivity index (χ0n) is 7.02. The molecule has 2 N–H and O–H groups in total. The first-order valence-electron chi connectivity index (χ1n) is 3.72. The van der Waals surface area contributed by atoms with Gasteiger partial charge in [-0.15, -0.1) is 0 Å². The van der Waals surface area contributed by atoms with Gasteiger partial charge in [-0.25, -0.2) is 4.79 Å². The molecule has 0 atom stereocenters. The van der Waals surface area contributed by atoms with Gasteiger partial charge in [0.1, 0.15) is 0 Å². The molecule has 7 nitrogen and oxygen atoms in total. The fourth-order valence-corrected chi connectivity index (χ4v) is 0.942. The maximum atomic E-state index is 11.1. The number of aliphatic hydroxyl groups is 1. The first-order chi connectivity index (χ1) is 6.56. The Bertz CT molecular complexity index is 427. The SMILES string of the molecule is O=C([O-])c1cc(=O)n(CCO)c(=O)[nH]1. The van der Waals surface area contributed by atoms with Crippen LogP contribution < -0.4 is 16.4 Å². The van der Waals surface area contributed by atoms with Gasteiger partial charge in [-0.3, -0.25) is 9.36 Å². The summed E-state index contributed by atoms with van der Waals surface area (Å²) in [5.41, 5.74) is -2.25. The van der Waals surface area contributed by atoms with E-state index in [0.29, 0.717) is 4.57 Å². The Balaban J connectivity index is 3.33. The number of aliphatic hydroxyl groups excluding tert-OH is 1. The van der Waals surface area contributed by atoms with Gasteiger partial charge in [0, 0.05) is 6.07 Å². The Kier molecular flexibility index (Phi) is 2.82. The fourth-order valence-electron chi connectivity index (χ4n) is 0.942. The number of carboxylic acid groups (broad SMARTS) is 1. The van der Waals surface area contributed by atoms with Crippen LogP contribution in [-0.2, 0) is 6.54 Å². The van der Waals surface area contributed by atoms with E-state index >= 15 is 0 Å². The fraction of sp³-hybridized carbons (Fsp3) is 0.286. The smallest absolute Gasteiger partial charge is 0.328 e. The summed E-state index contributed by atoms with van der Waals surface area (Å²) in [4.78, 5) is 34.4. The average molecular weight is 199 g/mol. The zero-order valence-corrected chi connectivity index (χ0v) is 7.02. The van der Waals surface area contributed by atoms with Gasteiger partial charge in [0.15, 0.2) is 0 Å². The molecular formula is C7H7N2O5-. The van der Waals surface area contributed by atoms with Crippen molar-refractivity contribution in [2.75, 3.05) is 6.61 Å². The molecule has 7 heteroatoms. The predicted octanol–water partition coefficient (Wildman–Crippen LogP) is -3.11. The first-order valence-corrected chi connectivity index (χ1v) is 3.72. The standard InChI is InChI=1S/C7H8N2O5/c10-2-1-9-5(11)3-4(6(12)13)8-7(9)14/h3,10H,1-2H2,(H,8,14)(H,12,13)/p-1. The van der Waals surface area contributed by atoms with E-state index in [-0.39, 0.29) is 13.2 Å². The highest BCUT2D eigenvalue weighted by molar-refractivity contribution is 5.82. The lowest BCUT2D eigenvalue weighted by molar-refractivity contribution is -0.255. The summed E-state index contributed by atoms with van der Waals surface area (Å²) in [6, 6.07) is 0.729. The van der Waals surface area contributed by atoms with Gasteiger partial charge in [-0.05, 0) is 0 Å². The molecule has 1 aromatic rings. The second-order valence-electron chi connectivity index (χ2n) is 2.49. The lowest BCUT2D eigenvalue weighted by atomic mass is 10.4. The van der Waals surface area contributed by atoms with Crippen molar-refractivity contribution in [2.45, 2.75) is 6.54 Å². The van der Waals surface area contributed by atoms with E-state index in [1.807, 2.05) is 4.98 Å². The third-order valence-electron chi connectivity index (χ3n) is 1.56. The average Bonchev–Trinajstić information content (AvgIpc) is 2.10. The molecule has 1 heterocycles. The van der Waals surface area contributed by atoms with Crippen LogP contribution >= 0.6 is 0 Å². The van der Waals surface area contributed by atoms with Crippen molar-refractivity contribution in [3.8, 4) is 0 Å². The van der Waals surface area contributed by atoms with E-state index in [2.05, 4.69) is 0 Å². The van der Waals surface area contributed by atoms with E-state index in [9.17, 15) is 19.5 Å². The second kappa shape index (κ2) is 3.88. The molecule has 76 valence electrons. The molecule has 14 heavy (non-hydrogen) atoms. The molecule has 1 aromatic heterocycles. The number of aromatic nitrogens is 2. The number of carbonyl (C=O) groups is 1. The number of nitrogens with zero attached hydrogens (tertiary/aromatic N) is 1. The normalized spacial score (nSPS) is 10.1. The first kappa shape index (κ1) is 10.2. The quantitative estimate of drug-likeness (QED) is 0.534. The Morgan fingerprint density at radius 3 is 2.64 bits per heavy atom. The molecule has 0 aliphatic rings. The summed E-state index contributed by atoms with van der Waals surface area (Å²) in [5.74, 6) is -1.63. The minimum atomic E-state index is -1.63. The molecule has 1 rings (SSSR count). The van der Waals surface area contributed by atoms with Crippen LogP contribution in [0.3, 0.4) is 0 Å². The van der Waals surface area contributed by atoms with Crippen molar-refractivity contribution < 1.29 is 15.0 Å². The van der Waals surface area contributed by atoms with Gasteiger partial charge in [0.2, 0.25) is 0 Å². The molecule has 0 unspecified atom stereocenters. The Hall–Kier alpha value is -1.89. The summed E-state index contributed by atoms with van der Waals surface area (Å²) < 4.78 is 0.687. The highest BCUT2D eigenvalue weighted by Crippen LogP contribution is 1.82. The predicted molar refractivity (Wildman–Crippen MR) is 42.7 cm³/mol. The summed E-state index contributed by atoms with van der Waals surface area (Å²) in [5, 5.41) is 18.8. The van der Waals surface area contributed by atoms with Crippen LogP contribution in [0.15, 0.2) is 15.7 Å². The lowest BCUT2D eigenvalue weighted by Gasteiger charge is -2.04. The minimum absolute atomic E-state index is 0.179. The third kappa shape index (κ3) is 1.88. The number of rotatable bonds is 3. The highest BCUT2D eigenvalue weighted by Gasteiger charge is 2.03. The van der Waals surface area contributed by atoms with Crippen LogP contribution in [0.25, 0.3) is 0 Å². The Morgan fingerprint density at radius 2 is 2.21 bits per heavy atom. The van der Waals surface area contributed by atoms with Crippen LogP contribution in [0, 0.1) is 0 Å². The van der Waals surface area contributed by atoms with E-state index in [1.165, 1.54) is 0 Å². The molecule has 0 bridgehead atoms. The van der Waals surface area contributed by atoms with Crippen LogP contribution in [0.5, 0.6) is 0 Å². The van der Waals surface area contributed by atoms with E-state index in [4.69, 9.17) is 5.11 Å². The zero-order chi connectivity index (χ0) is 10.7. The summed E-state index contributed by atoms with van der Waals surface area (Å²) in [6.07, 6.45) is 0. The van der Waals surface area contributed by atoms with Crippen molar-refractivity contribution in [1.29, 1.82) is 0 Å². The molecule has 0 radical (unpaired) electrons. The number of H-pyrrole nitrogens is 1. The van der Waals surface area contributed by atoms with E-state index < -0.39 is 22.9 Å². The molecule has 0 fully saturated rings. The van der Waals surface area contributed by atoms with Gasteiger partial charge in [-0.2, -0.15) is 0 Å². The van der Waals surface area contributed by atoms with Gasteiger partial charge < -0.3 is 20.0 Å². The largest absolute Gasteiger partial charge is 0.543 e. The van der Waals surface area contributed by atoms with Gasteiger partial charge in [-0.1, -0.05) is 0 Å². The Labute approximate surface area is 77.2 Å². The molecule has 0 saturated heterocycles. The van der Waals surface area contributed by atoms with Crippen molar-refractivity contribution in [3.05, 3.63) is 32.6 Å². The number of aromatic amines is 1. The van der Waals surface area contributed by atoms with Crippen LogP contribution in [0.2, 0.25) is 0 Å². The molecule has 0 saturated carbocycles. The van der Waals surface area contributed by atoms with Crippen LogP contribution in [0.4, 0.5) is 0 Å². The van der Waals surface area contributed by atoms with E-state index in [1.54, 1.807) is 0 Å². The summed E-state index contributed by atoms with van der Waals surface area (Å²) in [7, 11) is 0. The maximum Gasteiger partial charge on any atom is 0.328 e. The maximum absolute atomic E-state index is 11.1. The molecule has 0 aromatic carbocycles. The van der Waals surface area contributed by atoms with Gasteiger partial charge in [0.05, 0.1) is 24.8 Å². The van der Waals surface area contributed by atoms with Crippen molar-refractivity contribution in [2.24, 2.45) is 0 Å². The molecule has 0 spiro atoms. The molecule has 0 amide bonds. The molecule has 0 aliphatic carbocycles. The second-order valence-corrected chi connectivity index (χ2v) is 2.49. The number of aromatic carboxylic acids is 1. The van der Waals surface area contributed by atoms with Gasteiger partial charge in [0.25, 0.3) is 5.56 Å². The van der Waals surface area contributed by atoms with Crippen molar-refractivity contribution >= 4 is 5.97 Å². The van der Waals surface area contributed by atoms with Crippen molar-refractivity contribution in [1.82, 2.24) is 9.55 Å². The third-order valence-corrected chi connectivity index (χ3v) is 1.56. The van der Waals surface area contributed by atoms with Crippen LogP contribution in [0.1, 0.15) is 10.5 Å². The Morgan fingerprint density at radius 1 is 1.57 bits per heavy atom. The summed E-state index contributed by atoms with van der Waals surface area (Å²) in [6.45, 7) is -0.560. The molecular weight excluding hydrogens is 192 g/mol. The van der Waals surface area contributed by atoms with E-state index in [0.717, 1.165) is 6.07 Å². The topological polar surface area (TPSA) is 115 Å². The lowest BCUT2D eigenvalue weighted by Crippen LogP contribution is -2.39. The number of nitrogens with one attached hydrogen (secondary N) is 1. The number of carboxylic acids is 1.